The van der Waals surface area contributed by atoms with Gasteiger partial charge in [0.1, 0.15) is 0 Å². The molecule has 5 nitrogen and oxygen atoms in total. The molecule has 8 heteroatoms. The lowest BCUT2D eigenvalue weighted by Crippen LogP contribution is -2.41. The molecular formula is C15H18B2ClNO4. The van der Waals surface area contributed by atoms with Gasteiger partial charge >= 0.3 is 14.2 Å². The van der Waals surface area contributed by atoms with Crippen LogP contribution in [0.1, 0.15) is 27.7 Å². The number of hydrogen-bond donors (Lipinski definition) is 2. The van der Waals surface area contributed by atoms with Crippen molar-refractivity contribution in [1.82, 2.24) is 4.98 Å². The van der Waals surface area contributed by atoms with Gasteiger partial charge in [-0.05, 0) is 45.3 Å². The third kappa shape index (κ3) is 2.88. The van der Waals surface area contributed by atoms with Crippen LogP contribution in [0.4, 0.5) is 0 Å². The van der Waals surface area contributed by atoms with Gasteiger partial charge in [0.25, 0.3) is 0 Å². The lowest BCUT2D eigenvalue weighted by molar-refractivity contribution is 0.00578. The number of fused-ring (bicyclic) bond motifs is 1. The predicted octanol–water partition coefficient (Wildman–Crippen LogP) is 0.867. The van der Waals surface area contributed by atoms with Crippen molar-refractivity contribution in [2.24, 2.45) is 0 Å². The Morgan fingerprint density at radius 3 is 2.26 bits per heavy atom. The number of benzene rings is 1. The number of aromatic nitrogens is 1. The lowest BCUT2D eigenvalue weighted by atomic mass is 9.78. The number of halogens is 1. The molecule has 0 saturated carbocycles. The van der Waals surface area contributed by atoms with Crippen molar-refractivity contribution in [2.45, 2.75) is 38.9 Å². The topological polar surface area (TPSA) is 71.8 Å². The fourth-order valence-corrected chi connectivity index (χ4v) is 2.74. The molecule has 0 radical (unpaired) electrons. The summed E-state index contributed by atoms with van der Waals surface area (Å²) >= 11 is 6.01. The minimum Gasteiger partial charge on any atom is -0.422 e. The van der Waals surface area contributed by atoms with E-state index in [4.69, 9.17) is 20.9 Å². The molecule has 1 fully saturated rings. The molecule has 2 aromatic rings. The van der Waals surface area contributed by atoms with Crippen LogP contribution in [0.3, 0.4) is 0 Å². The van der Waals surface area contributed by atoms with Crippen LogP contribution in [0.5, 0.6) is 0 Å². The van der Waals surface area contributed by atoms with E-state index in [1.165, 1.54) is 0 Å². The van der Waals surface area contributed by atoms with Gasteiger partial charge in [-0.25, -0.2) is 0 Å². The Balaban J connectivity index is 2.02. The van der Waals surface area contributed by atoms with Crippen molar-refractivity contribution < 1.29 is 19.4 Å². The lowest BCUT2D eigenvalue weighted by Gasteiger charge is -2.32. The van der Waals surface area contributed by atoms with E-state index in [0.717, 1.165) is 10.8 Å². The first-order valence-electron chi connectivity index (χ1n) is 7.42. The highest BCUT2D eigenvalue weighted by atomic mass is 35.5. The molecular weight excluding hydrogens is 315 g/mol. The molecule has 3 rings (SSSR count). The van der Waals surface area contributed by atoms with Gasteiger partial charge in [-0.2, -0.15) is 0 Å². The molecule has 1 aromatic heterocycles. The fraction of sp³-hybridized carbons (Fsp3) is 0.400. The van der Waals surface area contributed by atoms with Crippen molar-refractivity contribution in [2.75, 3.05) is 0 Å². The maximum absolute atomic E-state index is 9.34. The Labute approximate surface area is 140 Å². The molecule has 2 N–H and O–H groups in total. The molecule has 0 bridgehead atoms. The summed E-state index contributed by atoms with van der Waals surface area (Å²) < 4.78 is 12.1. The second-order valence-electron chi connectivity index (χ2n) is 6.77. The molecule has 1 aliphatic rings. The molecule has 23 heavy (non-hydrogen) atoms. The van der Waals surface area contributed by atoms with E-state index in [9.17, 15) is 10.0 Å². The summed E-state index contributed by atoms with van der Waals surface area (Å²) in [6, 6.07) is 7.24. The van der Waals surface area contributed by atoms with Crippen LogP contribution in [-0.4, -0.2) is 40.5 Å². The largest absolute Gasteiger partial charge is 0.509 e. The summed E-state index contributed by atoms with van der Waals surface area (Å²) in [5.74, 6) is 0. The Kier molecular flexibility index (Phi) is 3.98. The molecule has 1 saturated heterocycles. The zero-order valence-corrected chi connectivity index (χ0v) is 14.3. The van der Waals surface area contributed by atoms with Crippen LogP contribution in [0.2, 0.25) is 5.02 Å². The van der Waals surface area contributed by atoms with Crippen molar-refractivity contribution in [1.29, 1.82) is 0 Å². The van der Waals surface area contributed by atoms with E-state index in [-0.39, 0.29) is 10.6 Å². The second kappa shape index (κ2) is 5.46. The first kappa shape index (κ1) is 16.7. The van der Waals surface area contributed by atoms with Crippen molar-refractivity contribution >= 4 is 47.8 Å². The van der Waals surface area contributed by atoms with Gasteiger partial charge in [-0.15, -0.1) is 0 Å². The van der Waals surface area contributed by atoms with E-state index in [1.54, 1.807) is 6.07 Å². The van der Waals surface area contributed by atoms with E-state index < -0.39 is 25.4 Å². The maximum atomic E-state index is 9.34. The van der Waals surface area contributed by atoms with Crippen LogP contribution < -0.4 is 11.1 Å². The standard InChI is InChI=1S/C15H18B2ClNO4/c1-14(2)15(3,4)23-17(22-14)10-6-5-9-7-11(18)13(16(20)21)19-12(9)8-10/h5-8,20-21H,1-4H3. The van der Waals surface area contributed by atoms with Crippen molar-refractivity contribution in [3.63, 3.8) is 0 Å². The highest BCUT2D eigenvalue weighted by Crippen LogP contribution is 2.36. The normalized spacial score (nSPS) is 19.3. The Bertz CT molecular complexity index is 750. The van der Waals surface area contributed by atoms with E-state index >= 15 is 0 Å². The van der Waals surface area contributed by atoms with Gasteiger partial charge in [-0.1, -0.05) is 23.7 Å². The van der Waals surface area contributed by atoms with Gasteiger partial charge < -0.3 is 19.4 Å². The molecule has 120 valence electrons. The second-order valence-corrected chi connectivity index (χ2v) is 7.18. The SMILES string of the molecule is CC1(C)OB(c2ccc3cc(Cl)c(B(O)O)nc3c2)OC1(C)C. The monoisotopic (exact) mass is 333 g/mol. The number of hydrogen-bond acceptors (Lipinski definition) is 5. The van der Waals surface area contributed by atoms with Crippen LogP contribution in [-0.2, 0) is 9.31 Å². The number of nitrogens with zero attached hydrogens (tertiary/aromatic N) is 1. The summed E-state index contributed by atoms with van der Waals surface area (Å²) in [4.78, 5) is 4.24. The smallest absolute Gasteiger partial charge is 0.422 e. The van der Waals surface area contributed by atoms with Crippen molar-refractivity contribution in [3.8, 4) is 0 Å². The van der Waals surface area contributed by atoms with Gasteiger partial charge in [0.2, 0.25) is 0 Å². The highest BCUT2D eigenvalue weighted by molar-refractivity contribution is 6.63. The fourth-order valence-electron chi connectivity index (χ4n) is 2.48. The summed E-state index contributed by atoms with van der Waals surface area (Å²) in [6.45, 7) is 7.97. The summed E-state index contributed by atoms with van der Waals surface area (Å²) in [6.07, 6.45) is 0. The quantitative estimate of drug-likeness (QED) is 0.798. The summed E-state index contributed by atoms with van der Waals surface area (Å²) in [7, 11) is -2.21. The van der Waals surface area contributed by atoms with E-state index in [1.807, 2.05) is 45.9 Å². The zero-order chi connectivity index (χ0) is 17.0. The molecule has 0 spiro atoms. The molecule has 0 unspecified atom stereocenters. The Hall–Kier alpha value is -1.11. The van der Waals surface area contributed by atoms with Crippen LogP contribution in [0.15, 0.2) is 24.3 Å². The molecule has 1 aromatic carbocycles. The van der Waals surface area contributed by atoms with Crippen LogP contribution >= 0.6 is 11.6 Å². The van der Waals surface area contributed by atoms with Crippen molar-refractivity contribution in [3.05, 3.63) is 29.3 Å². The van der Waals surface area contributed by atoms with Gasteiger partial charge in [0.05, 0.1) is 27.3 Å². The molecule has 0 atom stereocenters. The summed E-state index contributed by atoms with van der Waals surface area (Å²) in [5, 5.41) is 19.7. The highest BCUT2D eigenvalue weighted by Gasteiger charge is 2.51. The number of pyridine rings is 1. The molecule has 0 aliphatic carbocycles. The Morgan fingerprint density at radius 2 is 1.70 bits per heavy atom. The minimum atomic E-state index is -1.72. The average molecular weight is 333 g/mol. The summed E-state index contributed by atoms with van der Waals surface area (Å²) in [5.41, 5.74) is 0.609. The first-order valence-corrected chi connectivity index (χ1v) is 7.80. The van der Waals surface area contributed by atoms with Gasteiger partial charge in [-0.3, -0.25) is 4.98 Å². The zero-order valence-electron chi connectivity index (χ0n) is 13.5. The van der Waals surface area contributed by atoms with E-state index in [0.29, 0.717) is 5.52 Å². The van der Waals surface area contributed by atoms with Gasteiger partial charge in [0.15, 0.2) is 0 Å². The third-order valence-corrected chi connectivity index (χ3v) is 4.90. The molecule has 2 heterocycles. The molecule has 1 aliphatic heterocycles. The van der Waals surface area contributed by atoms with Crippen LogP contribution in [0.25, 0.3) is 10.9 Å². The molecule has 0 amide bonds. The van der Waals surface area contributed by atoms with E-state index in [2.05, 4.69) is 4.98 Å². The average Bonchev–Trinajstić information content (AvgIpc) is 2.66. The number of rotatable bonds is 2. The minimum absolute atomic E-state index is 0.0326. The predicted molar refractivity (Wildman–Crippen MR) is 92.3 cm³/mol. The van der Waals surface area contributed by atoms with Crippen LogP contribution in [0, 0.1) is 0 Å². The third-order valence-electron chi connectivity index (χ3n) is 4.59. The maximum Gasteiger partial charge on any atom is 0.509 e. The van der Waals surface area contributed by atoms with Gasteiger partial charge in [0, 0.05) is 5.39 Å². The Morgan fingerprint density at radius 1 is 1.09 bits per heavy atom. The first-order chi connectivity index (χ1) is 10.6.